The van der Waals surface area contributed by atoms with E-state index in [9.17, 15) is 22.8 Å². The summed E-state index contributed by atoms with van der Waals surface area (Å²) >= 11 is 0. The van der Waals surface area contributed by atoms with Crippen molar-refractivity contribution in [2.45, 2.75) is 50.7 Å². The number of hydrogen-bond acceptors (Lipinski definition) is 4. The average Bonchev–Trinajstić information content (AvgIpc) is 2.84. The van der Waals surface area contributed by atoms with E-state index in [0.717, 1.165) is 18.9 Å². The van der Waals surface area contributed by atoms with E-state index >= 15 is 0 Å². The molecule has 0 aliphatic heterocycles. The van der Waals surface area contributed by atoms with Gasteiger partial charge in [0.1, 0.15) is 5.69 Å². The summed E-state index contributed by atoms with van der Waals surface area (Å²) in [6.07, 6.45) is -2.57. The van der Waals surface area contributed by atoms with Gasteiger partial charge < -0.3 is 10.4 Å². The van der Waals surface area contributed by atoms with E-state index < -0.39 is 35.1 Å². The predicted octanol–water partition coefficient (Wildman–Crippen LogP) is 2.32. The maximum Gasteiger partial charge on any atom is 0.451 e. The summed E-state index contributed by atoms with van der Waals surface area (Å²) in [4.78, 5) is 29.8. The summed E-state index contributed by atoms with van der Waals surface area (Å²) in [5.74, 6) is -3.27. The van der Waals surface area contributed by atoms with Crippen molar-refractivity contribution < 1.29 is 27.9 Å². The number of nitrogens with zero attached hydrogens (tertiary/aromatic N) is 2. The van der Waals surface area contributed by atoms with Crippen molar-refractivity contribution in [1.82, 2.24) is 15.3 Å². The van der Waals surface area contributed by atoms with Gasteiger partial charge in [-0.2, -0.15) is 13.2 Å². The van der Waals surface area contributed by atoms with Gasteiger partial charge in [-0.15, -0.1) is 0 Å². The minimum absolute atomic E-state index is 0.0104. The summed E-state index contributed by atoms with van der Waals surface area (Å²) < 4.78 is 38.2. The molecule has 1 aromatic heterocycles. The van der Waals surface area contributed by atoms with Crippen molar-refractivity contribution in [3.05, 3.63) is 23.3 Å². The smallest absolute Gasteiger partial charge is 0.451 e. The fourth-order valence-electron chi connectivity index (χ4n) is 2.80. The number of carboxylic acids is 1. The number of rotatable bonds is 4. The Morgan fingerprint density at radius 1 is 1.30 bits per heavy atom. The molecule has 23 heavy (non-hydrogen) atoms. The molecule has 1 aliphatic carbocycles. The number of carbonyl (C=O) groups is 2. The lowest BCUT2D eigenvalue weighted by Gasteiger charge is -2.28. The molecule has 0 spiro atoms. The largest absolute Gasteiger partial charge is 0.481 e. The van der Waals surface area contributed by atoms with Gasteiger partial charge in [0.05, 0.1) is 12.0 Å². The van der Waals surface area contributed by atoms with Crippen LogP contribution < -0.4 is 5.32 Å². The van der Waals surface area contributed by atoms with Gasteiger partial charge in [-0.25, -0.2) is 9.97 Å². The van der Waals surface area contributed by atoms with Gasteiger partial charge in [-0.3, -0.25) is 9.59 Å². The molecule has 126 valence electrons. The molecule has 2 rings (SSSR count). The molecule has 0 aromatic carbocycles. The maximum absolute atomic E-state index is 12.7. The predicted molar refractivity (Wildman–Crippen MR) is 72.7 cm³/mol. The topological polar surface area (TPSA) is 92.2 Å². The van der Waals surface area contributed by atoms with Crippen molar-refractivity contribution >= 4 is 11.9 Å². The maximum atomic E-state index is 12.7. The second-order valence-corrected chi connectivity index (χ2v) is 5.73. The molecule has 0 saturated heterocycles. The third-order valence-corrected chi connectivity index (χ3v) is 3.77. The number of aryl methyl sites for hydroxylation is 1. The number of aliphatic carboxylic acids is 1. The zero-order valence-corrected chi connectivity index (χ0v) is 12.4. The molecular weight excluding hydrogens is 315 g/mol. The van der Waals surface area contributed by atoms with Crippen LogP contribution in [-0.4, -0.2) is 32.5 Å². The summed E-state index contributed by atoms with van der Waals surface area (Å²) in [6, 6.07) is 1.15. The minimum Gasteiger partial charge on any atom is -0.481 e. The van der Waals surface area contributed by atoms with Crippen molar-refractivity contribution in [2.75, 3.05) is 0 Å². The molecule has 1 heterocycles. The number of alkyl halides is 3. The highest BCUT2D eigenvalue weighted by Crippen LogP contribution is 2.33. The Morgan fingerprint density at radius 3 is 2.43 bits per heavy atom. The quantitative estimate of drug-likeness (QED) is 0.883. The average molecular weight is 331 g/mol. The van der Waals surface area contributed by atoms with Crippen molar-refractivity contribution in [3.8, 4) is 0 Å². The first-order valence-corrected chi connectivity index (χ1v) is 7.08. The standard InChI is InChI=1S/C14H16F3N3O3/c1-8-6-9(19-12(18-8)14(15,16)17)11(23)20-13(7-10(21)22)4-2-3-5-13/h6H,2-5,7H2,1H3,(H,20,23)(H,21,22). The normalized spacial score (nSPS) is 17.0. The van der Waals surface area contributed by atoms with Crippen LogP contribution in [0.2, 0.25) is 0 Å². The summed E-state index contributed by atoms with van der Waals surface area (Å²) in [7, 11) is 0. The van der Waals surface area contributed by atoms with Gasteiger partial charge in [0.2, 0.25) is 5.82 Å². The molecule has 1 aromatic rings. The Balaban J connectivity index is 2.26. The number of amides is 1. The number of aromatic nitrogens is 2. The van der Waals surface area contributed by atoms with Gasteiger partial charge >= 0.3 is 12.1 Å². The van der Waals surface area contributed by atoms with E-state index in [0.29, 0.717) is 12.8 Å². The summed E-state index contributed by atoms with van der Waals surface area (Å²) in [5.41, 5.74) is -1.34. The van der Waals surface area contributed by atoms with Crippen LogP contribution in [0.25, 0.3) is 0 Å². The van der Waals surface area contributed by atoms with Crippen LogP contribution in [-0.2, 0) is 11.0 Å². The van der Waals surface area contributed by atoms with Crippen molar-refractivity contribution in [3.63, 3.8) is 0 Å². The van der Waals surface area contributed by atoms with Gasteiger partial charge in [0.15, 0.2) is 0 Å². The van der Waals surface area contributed by atoms with Gasteiger partial charge in [0, 0.05) is 5.69 Å². The third kappa shape index (κ3) is 4.17. The molecule has 1 saturated carbocycles. The second kappa shape index (κ2) is 6.13. The Labute approximate surface area is 130 Å². The monoisotopic (exact) mass is 331 g/mol. The first-order valence-electron chi connectivity index (χ1n) is 7.08. The molecule has 1 amide bonds. The molecule has 1 fully saturated rings. The van der Waals surface area contributed by atoms with E-state index in [2.05, 4.69) is 15.3 Å². The minimum atomic E-state index is -4.76. The number of nitrogens with one attached hydrogen (secondary N) is 1. The van der Waals surface area contributed by atoms with Crippen molar-refractivity contribution in [2.24, 2.45) is 0 Å². The Kier molecular flexibility index (Phi) is 4.58. The third-order valence-electron chi connectivity index (χ3n) is 3.77. The van der Waals surface area contributed by atoms with Crippen LogP contribution in [0.15, 0.2) is 6.07 Å². The fraction of sp³-hybridized carbons (Fsp3) is 0.571. The first kappa shape index (κ1) is 17.2. The molecule has 9 heteroatoms. The lowest BCUT2D eigenvalue weighted by molar-refractivity contribution is -0.145. The molecule has 2 N–H and O–H groups in total. The highest BCUT2D eigenvalue weighted by Gasteiger charge is 2.39. The van der Waals surface area contributed by atoms with E-state index in [1.54, 1.807) is 0 Å². The van der Waals surface area contributed by atoms with Gasteiger partial charge in [-0.05, 0) is 25.8 Å². The second-order valence-electron chi connectivity index (χ2n) is 5.73. The van der Waals surface area contributed by atoms with Crippen LogP contribution in [0.5, 0.6) is 0 Å². The molecule has 0 atom stereocenters. The van der Waals surface area contributed by atoms with Crippen LogP contribution in [0.3, 0.4) is 0 Å². The van der Waals surface area contributed by atoms with Crippen molar-refractivity contribution in [1.29, 1.82) is 0 Å². The van der Waals surface area contributed by atoms with Crippen LogP contribution in [0.1, 0.15) is 54.1 Å². The summed E-state index contributed by atoms with van der Waals surface area (Å²) in [5, 5.41) is 11.6. The molecular formula is C14H16F3N3O3. The highest BCUT2D eigenvalue weighted by atomic mass is 19.4. The highest BCUT2D eigenvalue weighted by molar-refractivity contribution is 5.93. The van der Waals surface area contributed by atoms with Gasteiger partial charge in [0.25, 0.3) is 5.91 Å². The molecule has 0 bridgehead atoms. The summed E-state index contributed by atoms with van der Waals surface area (Å²) in [6.45, 7) is 1.33. The molecule has 0 radical (unpaired) electrons. The Morgan fingerprint density at radius 2 is 1.91 bits per heavy atom. The van der Waals surface area contributed by atoms with E-state index in [-0.39, 0.29) is 12.1 Å². The first-order chi connectivity index (χ1) is 10.6. The fourth-order valence-corrected chi connectivity index (χ4v) is 2.80. The van der Waals surface area contributed by atoms with Crippen LogP contribution in [0, 0.1) is 6.92 Å². The van der Waals surface area contributed by atoms with E-state index in [1.807, 2.05) is 0 Å². The number of carboxylic acid groups (broad SMARTS) is 1. The zero-order valence-electron chi connectivity index (χ0n) is 12.4. The molecule has 1 aliphatic rings. The lowest BCUT2D eigenvalue weighted by atomic mass is 9.93. The Hall–Kier alpha value is -2.19. The van der Waals surface area contributed by atoms with Gasteiger partial charge in [-0.1, -0.05) is 12.8 Å². The number of hydrogen-bond donors (Lipinski definition) is 2. The van der Waals surface area contributed by atoms with Crippen LogP contribution >= 0.6 is 0 Å². The lowest BCUT2D eigenvalue weighted by Crippen LogP contribution is -2.48. The van der Waals surface area contributed by atoms with E-state index in [4.69, 9.17) is 5.11 Å². The number of carbonyl (C=O) groups excluding carboxylic acids is 1. The molecule has 0 unspecified atom stereocenters. The SMILES string of the molecule is Cc1cc(C(=O)NC2(CC(=O)O)CCCC2)nc(C(F)(F)F)n1. The zero-order chi connectivity index (χ0) is 17.3. The Bertz CT molecular complexity index is 625. The number of halogens is 3. The van der Waals surface area contributed by atoms with E-state index in [1.165, 1.54) is 6.92 Å². The van der Waals surface area contributed by atoms with Crippen LogP contribution in [0.4, 0.5) is 13.2 Å². The molecule has 6 nitrogen and oxygen atoms in total.